The maximum Gasteiger partial charge on any atom is 0.202 e. The average molecular weight is 363 g/mol. The fourth-order valence-corrected chi connectivity index (χ4v) is 3.39. The molecule has 0 spiro atoms. The van der Waals surface area contributed by atoms with Gasteiger partial charge in [0.2, 0.25) is 5.82 Å². The first-order chi connectivity index (χ1) is 10.0. The van der Waals surface area contributed by atoms with Crippen LogP contribution in [0.25, 0.3) is 5.57 Å². The number of halogens is 4. The summed E-state index contributed by atoms with van der Waals surface area (Å²) in [4.78, 5) is 0. The van der Waals surface area contributed by atoms with Crippen molar-refractivity contribution in [3.05, 3.63) is 33.6 Å². The van der Waals surface area contributed by atoms with Crippen molar-refractivity contribution >= 4 is 21.5 Å². The Morgan fingerprint density at radius 1 is 1.24 bits per heavy atom. The molecule has 1 aliphatic carbocycles. The van der Waals surface area contributed by atoms with E-state index < -0.39 is 23.2 Å². The van der Waals surface area contributed by atoms with Crippen LogP contribution in [0.4, 0.5) is 13.2 Å². The van der Waals surface area contributed by atoms with Crippen molar-refractivity contribution in [1.29, 1.82) is 0 Å². The number of ether oxygens (including phenoxy) is 1. The van der Waals surface area contributed by atoms with Gasteiger partial charge in [0.1, 0.15) is 0 Å². The van der Waals surface area contributed by atoms with E-state index in [9.17, 15) is 13.2 Å². The minimum atomic E-state index is -1.17. The monoisotopic (exact) mass is 362 g/mol. The van der Waals surface area contributed by atoms with Crippen LogP contribution in [0.5, 0.6) is 5.75 Å². The molecule has 0 N–H and O–H groups in total. The lowest BCUT2D eigenvalue weighted by Crippen LogP contribution is -2.09. The number of rotatable bonds is 4. The zero-order valence-corrected chi connectivity index (χ0v) is 13.7. The zero-order valence-electron chi connectivity index (χ0n) is 12.1. The first-order valence-corrected chi connectivity index (χ1v) is 7.89. The summed E-state index contributed by atoms with van der Waals surface area (Å²) < 4.78 is 47.0. The van der Waals surface area contributed by atoms with Crippen molar-refractivity contribution in [2.24, 2.45) is 5.92 Å². The van der Waals surface area contributed by atoms with Crippen LogP contribution in [0, 0.1) is 23.4 Å². The molecule has 1 aliphatic rings. The van der Waals surface area contributed by atoms with Gasteiger partial charge in [-0.15, -0.1) is 0 Å². The van der Waals surface area contributed by atoms with E-state index in [1.54, 1.807) is 0 Å². The van der Waals surface area contributed by atoms with Crippen molar-refractivity contribution < 1.29 is 17.9 Å². The van der Waals surface area contributed by atoms with Crippen LogP contribution < -0.4 is 4.74 Å². The van der Waals surface area contributed by atoms with Gasteiger partial charge in [-0.3, -0.25) is 0 Å². The van der Waals surface area contributed by atoms with E-state index in [2.05, 4.69) is 22.9 Å². The molecule has 116 valence electrons. The number of methoxy groups -OCH3 is 1. The molecule has 0 saturated carbocycles. The molecule has 0 bridgehead atoms. The third kappa shape index (κ3) is 3.12. The lowest BCUT2D eigenvalue weighted by Gasteiger charge is -2.23. The summed E-state index contributed by atoms with van der Waals surface area (Å²) in [5, 5.41) is 0. The third-order valence-electron chi connectivity index (χ3n) is 3.96. The largest absolute Gasteiger partial charge is 0.492 e. The van der Waals surface area contributed by atoms with Crippen LogP contribution >= 0.6 is 15.9 Å². The fraction of sp³-hybridized carbons (Fsp3) is 0.500. The van der Waals surface area contributed by atoms with Gasteiger partial charge in [0.15, 0.2) is 17.4 Å². The van der Waals surface area contributed by atoms with Crippen LogP contribution in [0.2, 0.25) is 0 Å². The van der Waals surface area contributed by atoms with Crippen molar-refractivity contribution in [1.82, 2.24) is 0 Å². The van der Waals surface area contributed by atoms with Crippen LogP contribution in [0.15, 0.2) is 10.5 Å². The predicted octanol–water partition coefficient (Wildman–Crippen LogP) is 5.86. The number of allylic oxidation sites excluding steroid dienone is 2. The molecular weight excluding hydrogens is 345 g/mol. The van der Waals surface area contributed by atoms with E-state index in [4.69, 9.17) is 4.74 Å². The molecule has 5 heteroatoms. The minimum absolute atomic E-state index is 0.171. The maximum absolute atomic E-state index is 14.3. The van der Waals surface area contributed by atoms with Gasteiger partial charge in [-0.25, -0.2) is 8.78 Å². The highest BCUT2D eigenvalue weighted by molar-refractivity contribution is 9.10. The van der Waals surface area contributed by atoms with E-state index in [0.29, 0.717) is 17.9 Å². The maximum atomic E-state index is 14.3. The SMILES string of the molecule is CCC[C@@H]1CC=C(c2c(F)c(F)c(OC)c(Br)c2F)CC1. The van der Waals surface area contributed by atoms with Gasteiger partial charge in [-0.05, 0) is 46.7 Å². The molecule has 0 aromatic heterocycles. The Kier molecular flexibility index (Phi) is 5.36. The summed E-state index contributed by atoms with van der Waals surface area (Å²) >= 11 is 2.95. The summed E-state index contributed by atoms with van der Waals surface area (Å²) in [6.45, 7) is 2.12. The number of hydrogen-bond donors (Lipinski definition) is 0. The molecule has 0 fully saturated rings. The Balaban J connectivity index is 2.42. The van der Waals surface area contributed by atoms with Gasteiger partial charge in [-0.2, -0.15) is 4.39 Å². The van der Waals surface area contributed by atoms with Crippen molar-refractivity contribution in [2.45, 2.75) is 39.0 Å². The van der Waals surface area contributed by atoms with Gasteiger partial charge in [0.25, 0.3) is 0 Å². The number of hydrogen-bond acceptors (Lipinski definition) is 1. The Hall–Kier alpha value is -0.970. The van der Waals surface area contributed by atoms with Crippen LogP contribution in [-0.2, 0) is 0 Å². The van der Waals surface area contributed by atoms with E-state index in [1.807, 2.05) is 6.08 Å². The molecule has 0 radical (unpaired) electrons. The molecule has 1 nitrogen and oxygen atoms in total. The molecule has 0 amide bonds. The third-order valence-corrected chi connectivity index (χ3v) is 4.67. The first-order valence-electron chi connectivity index (χ1n) is 7.10. The molecule has 0 saturated heterocycles. The van der Waals surface area contributed by atoms with Crippen molar-refractivity contribution in [2.75, 3.05) is 7.11 Å². The van der Waals surface area contributed by atoms with E-state index in [-0.39, 0.29) is 10.0 Å². The molecule has 0 unspecified atom stereocenters. The van der Waals surface area contributed by atoms with E-state index in [1.165, 1.54) is 7.11 Å². The lowest BCUT2D eigenvalue weighted by atomic mass is 9.84. The van der Waals surface area contributed by atoms with Crippen molar-refractivity contribution in [3.63, 3.8) is 0 Å². The predicted molar refractivity (Wildman–Crippen MR) is 80.8 cm³/mol. The Bertz CT molecular complexity index is 540. The minimum Gasteiger partial charge on any atom is -0.492 e. The summed E-state index contributed by atoms with van der Waals surface area (Å²) in [5.41, 5.74) is 0.273. The molecule has 0 aliphatic heterocycles. The molecule has 0 heterocycles. The molecule has 2 rings (SSSR count). The molecule has 1 atom stereocenters. The van der Waals surface area contributed by atoms with Crippen LogP contribution in [-0.4, -0.2) is 7.11 Å². The molecule has 1 aromatic rings. The van der Waals surface area contributed by atoms with Gasteiger partial charge in [0.05, 0.1) is 17.1 Å². The smallest absolute Gasteiger partial charge is 0.202 e. The Morgan fingerprint density at radius 3 is 2.48 bits per heavy atom. The Morgan fingerprint density at radius 2 is 1.95 bits per heavy atom. The highest BCUT2D eigenvalue weighted by Gasteiger charge is 2.28. The first kappa shape index (κ1) is 16.4. The molecular formula is C16H18BrF3O. The standard InChI is InChI=1S/C16H18BrF3O/c1-3-4-9-5-7-10(8-6-9)11-13(18)12(17)16(21-2)15(20)14(11)19/h7,9H,3-6,8H2,1-2H3/t9-/m1/s1. The highest BCUT2D eigenvalue weighted by Crippen LogP contribution is 2.41. The van der Waals surface area contributed by atoms with Gasteiger partial charge >= 0.3 is 0 Å². The van der Waals surface area contributed by atoms with Gasteiger partial charge < -0.3 is 4.74 Å². The van der Waals surface area contributed by atoms with Crippen LogP contribution in [0.3, 0.4) is 0 Å². The number of benzene rings is 1. The van der Waals surface area contributed by atoms with E-state index >= 15 is 0 Å². The Labute approximate surface area is 131 Å². The average Bonchev–Trinajstić information content (AvgIpc) is 2.48. The van der Waals surface area contributed by atoms with E-state index in [0.717, 1.165) is 25.7 Å². The second-order valence-electron chi connectivity index (χ2n) is 5.32. The second-order valence-corrected chi connectivity index (χ2v) is 6.12. The molecule has 21 heavy (non-hydrogen) atoms. The zero-order chi connectivity index (χ0) is 15.6. The molecule has 1 aromatic carbocycles. The summed E-state index contributed by atoms with van der Waals surface area (Å²) in [6.07, 6.45) is 6.27. The summed E-state index contributed by atoms with van der Waals surface area (Å²) in [6, 6.07) is 0. The highest BCUT2D eigenvalue weighted by atomic mass is 79.9. The lowest BCUT2D eigenvalue weighted by molar-refractivity contribution is 0.361. The summed E-state index contributed by atoms with van der Waals surface area (Å²) in [7, 11) is 1.18. The topological polar surface area (TPSA) is 9.23 Å². The van der Waals surface area contributed by atoms with Crippen LogP contribution in [0.1, 0.15) is 44.6 Å². The van der Waals surface area contributed by atoms with Gasteiger partial charge in [0, 0.05) is 0 Å². The van der Waals surface area contributed by atoms with Crippen molar-refractivity contribution in [3.8, 4) is 5.75 Å². The second kappa shape index (κ2) is 6.86. The summed E-state index contributed by atoms with van der Waals surface area (Å²) in [5.74, 6) is -3.01. The normalized spacial score (nSPS) is 18.6. The fourth-order valence-electron chi connectivity index (χ4n) is 2.86. The quantitative estimate of drug-likeness (QED) is 0.609. The van der Waals surface area contributed by atoms with Gasteiger partial charge in [-0.1, -0.05) is 25.8 Å².